The number of rotatable bonds is 3. The highest BCUT2D eigenvalue weighted by atomic mass is 32.1. The molecule has 1 N–H and O–H groups in total. The van der Waals surface area contributed by atoms with Crippen molar-refractivity contribution < 1.29 is 13.2 Å². The Bertz CT molecular complexity index is 387. The maximum Gasteiger partial charge on any atom is 0.443 e. The lowest BCUT2D eigenvalue weighted by atomic mass is 9.78. The number of halogens is 3. The van der Waals surface area contributed by atoms with E-state index < -0.39 is 11.2 Å². The predicted octanol–water partition coefficient (Wildman–Crippen LogP) is 3.66. The van der Waals surface area contributed by atoms with E-state index in [1.54, 1.807) is 0 Å². The summed E-state index contributed by atoms with van der Waals surface area (Å²) in [6, 6.07) is 0. The van der Waals surface area contributed by atoms with Crippen molar-refractivity contribution in [3.05, 3.63) is 16.1 Å². The third-order valence-corrected chi connectivity index (χ3v) is 4.68. The first-order valence-corrected chi connectivity index (χ1v) is 7.01. The Labute approximate surface area is 109 Å². The fourth-order valence-electron chi connectivity index (χ4n) is 2.68. The van der Waals surface area contributed by atoms with E-state index in [1.807, 2.05) is 7.05 Å². The third kappa shape index (κ3) is 3.03. The number of nitrogens with one attached hydrogen (secondary N) is 1. The van der Waals surface area contributed by atoms with Crippen molar-refractivity contribution in [3.63, 3.8) is 0 Å². The highest BCUT2D eigenvalue weighted by Gasteiger charge is 2.36. The van der Waals surface area contributed by atoms with Crippen LogP contribution in [0.1, 0.15) is 41.5 Å². The topological polar surface area (TPSA) is 24.9 Å². The molecule has 0 saturated heterocycles. The number of thiazole rings is 1. The van der Waals surface area contributed by atoms with Gasteiger partial charge < -0.3 is 5.32 Å². The number of alkyl halides is 3. The van der Waals surface area contributed by atoms with Gasteiger partial charge in [-0.2, -0.15) is 13.2 Å². The van der Waals surface area contributed by atoms with E-state index in [0.29, 0.717) is 5.92 Å². The molecule has 1 aliphatic rings. The van der Waals surface area contributed by atoms with E-state index in [1.165, 1.54) is 12.6 Å². The number of hydrogen-bond acceptors (Lipinski definition) is 3. The highest BCUT2D eigenvalue weighted by molar-refractivity contribution is 7.11. The number of nitrogens with zero attached hydrogens (tertiary/aromatic N) is 1. The van der Waals surface area contributed by atoms with Gasteiger partial charge in [-0.05, 0) is 38.3 Å². The molecule has 102 valence electrons. The van der Waals surface area contributed by atoms with Gasteiger partial charge in [-0.15, -0.1) is 11.3 Å². The quantitative estimate of drug-likeness (QED) is 0.912. The van der Waals surface area contributed by atoms with Gasteiger partial charge in [-0.25, -0.2) is 4.98 Å². The van der Waals surface area contributed by atoms with Crippen LogP contribution in [0.2, 0.25) is 0 Å². The molecule has 0 aliphatic heterocycles. The molecule has 1 aromatic rings. The molecule has 0 bridgehead atoms. The number of hydrogen-bond donors (Lipinski definition) is 1. The Morgan fingerprint density at radius 3 is 2.72 bits per heavy atom. The molecule has 0 spiro atoms. The molecule has 2 unspecified atom stereocenters. The Morgan fingerprint density at radius 2 is 2.11 bits per heavy atom. The molecule has 1 saturated carbocycles. The van der Waals surface area contributed by atoms with Gasteiger partial charge in [0, 0.05) is 11.1 Å². The summed E-state index contributed by atoms with van der Waals surface area (Å²) in [6.07, 6.45) is 1.46. The monoisotopic (exact) mass is 278 g/mol. The molecular weight excluding hydrogens is 261 g/mol. The van der Waals surface area contributed by atoms with Crippen molar-refractivity contribution in [2.45, 2.75) is 37.8 Å². The first-order valence-electron chi connectivity index (χ1n) is 6.20. The molecule has 0 radical (unpaired) electrons. The van der Waals surface area contributed by atoms with Crippen molar-refractivity contribution in [3.8, 4) is 0 Å². The Morgan fingerprint density at radius 1 is 1.39 bits per heavy atom. The minimum Gasteiger partial charge on any atom is -0.319 e. The third-order valence-electron chi connectivity index (χ3n) is 3.51. The van der Waals surface area contributed by atoms with Crippen LogP contribution in [0.3, 0.4) is 0 Å². The Hall–Kier alpha value is -0.620. The minimum atomic E-state index is -4.31. The van der Waals surface area contributed by atoms with E-state index >= 15 is 0 Å². The van der Waals surface area contributed by atoms with Crippen LogP contribution < -0.4 is 5.32 Å². The van der Waals surface area contributed by atoms with Gasteiger partial charge in [-0.3, -0.25) is 0 Å². The van der Waals surface area contributed by atoms with Crippen LogP contribution in [0.4, 0.5) is 13.2 Å². The van der Waals surface area contributed by atoms with Gasteiger partial charge in [0.05, 0.1) is 0 Å². The van der Waals surface area contributed by atoms with E-state index in [2.05, 4.69) is 10.3 Å². The summed E-state index contributed by atoms with van der Waals surface area (Å²) >= 11 is 0.812. The maximum absolute atomic E-state index is 12.5. The molecule has 18 heavy (non-hydrogen) atoms. The molecule has 2 nitrogen and oxygen atoms in total. The normalized spacial score (nSPS) is 25.3. The summed E-state index contributed by atoms with van der Waals surface area (Å²) in [7, 11) is 1.89. The Balaban J connectivity index is 2.15. The second-order valence-electron chi connectivity index (χ2n) is 4.77. The van der Waals surface area contributed by atoms with E-state index in [-0.39, 0.29) is 5.92 Å². The number of aromatic nitrogens is 1. The van der Waals surface area contributed by atoms with Crippen molar-refractivity contribution in [1.29, 1.82) is 0 Å². The van der Waals surface area contributed by atoms with Crippen LogP contribution in [0.5, 0.6) is 0 Å². The summed E-state index contributed by atoms with van der Waals surface area (Å²) < 4.78 is 37.6. The molecule has 1 fully saturated rings. The molecule has 6 heteroatoms. The van der Waals surface area contributed by atoms with Crippen molar-refractivity contribution >= 4 is 11.3 Å². The summed E-state index contributed by atoms with van der Waals surface area (Å²) in [5.74, 6) is 0.671. The molecule has 2 rings (SSSR count). The van der Waals surface area contributed by atoms with Crippen LogP contribution in [-0.4, -0.2) is 18.6 Å². The average Bonchev–Trinajstić information content (AvgIpc) is 2.79. The summed E-state index contributed by atoms with van der Waals surface area (Å²) in [6.45, 7) is 0.865. The van der Waals surface area contributed by atoms with Gasteiger partial charge in [0.1, 0.15) is 0 Å². The fraction of sp³-hybridized carbons (Fsp3) is 0.750. The van der Waals surface area contributed by atoms with E-state index in [9.17, 15) is 13.2 Å². The van der Waals surface area contributed by atoms with E-state index in [0.717, 1.165) is 42.0 Å². The largest absolute Gasteiger partial charge is 0.443 e. The van der Waals surface area contributed by atoms with Crippen molar-refractivity contribution in [2.75, 3.05) is 13.6 Å². The van der Waals surface area contributed by atoms with Crippen LogP contribution >= 0.6 is 11.3 Å². The highest BCUT2D eigenvalue weighted by Crippen LogP contribution is 2.42. The second-order valence-corrected chi connectivity index (χ2v) is 5.84. The van der Waals surface area contributed by atoms with Gasteiger partial charge in [0.15, 0.2) is 5.01 Å². The van der Waals surface area contributed by atoms with E-state index in [4.69, 9.17) is 0 Å². The standard InChI is InChI=1S/C12H17F3N2S/c1-16-6-8-4-2-3-5-9(8)10-7-17-11(18-10)12(13,14)15/h7-9,16H,2-6H2,1H3. The second kappa shape index (κ2) is 5.57. The Kier molecular flexibility index (Phi) is 4.27. The first-order chi connectivity index (χ1) is 8.52. The molecule has 0 aromatic carbocycles. The van der Waals surface area contributed by atoms with Crippen molar-refractivity contribution in [2.24, 2.45) is 5.92 Å². The van der Waals surface area contributed by atoms with Crippen LogP contribution in [-0.2, 0) is 6.18 Å². The zero-order chi connectivity index (χ0) is 13.2. The van der Waals surface area contributed by atoms with Gasteiger partial charge in [-0.1, -0.05) is 12.8 Å². The van der Waals surface area contributed by atoms with Crippen LogP contribution in [0.25, 0.3) is 0 Å². The predicted molar refractivity (Wildman–Crippen MR) is 65.7 cm³/mol. The molecule has 1 heterocycles. The lowest BCUT2D eigenvalue weighted by molar-refractivity contribution is -0.137. The van der Waals surface area contributed by atoms with Gasteiger partial charge in [0.2, 0.25) is 0 Å². The molecule has 0 amide bonds. The lowest BCUT2D eigenvalue weighted by Gasteiger charge is -2.30. The average molecular weight is 278 g/mol. The SMILES string of the molecule is CNCC1CCCCC1c1cnc(C(F)(F)F)s1. The molecule has 1 aromatic heterocycles. The van der Waals surface area contributed by atoms with Crippen LogP contribution in [0, 0.1) is 5.92 Å². The van der Waals surface area contributed by atoms with Crippen LogP contribution in [0.15, 0.2) is 6.20 Å². The van der Waals surface area contributed by atoms with Gasteiger partial charge >= 0.3 is 6.18 Å². The minimum absolute atomic E-state index is 0.236. The molecule has 1 aliphatic carbocycles. The smallest absolute Gasteiger partial charge is 0.319 e. The molecular formula is C12H17F3N2S. The summed E-state index contributed by atoms with van der Waals surface area (Å²) in [5.41, 5.74) is 0. The van der Waals surface area contributed by atoms with Gasteiger partial charge in [0.25, 0.3) is 0 Å². The fourth-order valence-corrected chi connectivity index (χ4v) is 3.69. The van der Waals surface area contributed by atoms with Crippen molar-refractivity contribution in [1.82, 2.24) is 10.3 Å². The zero-order valence-electron chi connectivity index (χ0n) is 10.3. The molecule has 2 atom stereocenters. The first kappa shape index (κ1) is 13.8. The summed E-state index contributed by atoms with van der Waals surface area (Å²) in [5, 5.41) is 2.42. The zero-order valence-corrected chi connectivity index (χ0v) is 11.1. The summed E-state index contributed by atoms with van der Waals surface area (Å²) in [4.78, 5) is 4.32. The maximum atomic E-state index is 12.5. The lowest BCUT2D eigenvalue weighted by Crippen LogP contribution is -2.27.